The third kappa shape index (κ3) is 5.78. The molecule has 0 spiro atoms. The van der Waals surface area contributed by atoms with Gasteiger partial charge in [0.05, 0.1) is 28.5 Å². The van der Waals surface area contributed by atoms with Crippen molar-refractivity contribution in [3.63, 3.8) is 0 Å². The van der Waals surface area contributed by atoms with E-state index in [9.17, 15) is 5.11 Å². The van der Waals surface area contributed by atoms with Gasteiger partial charge < -0.3 is 14.1 Å². The van der Waals surface area contributed by atoms with Crippen LogP contribution in [0.25, 0.3) is 72.8 Å². The van der Waals surface area contributed by atoms with Gasteiger partial charge in [-0.3, -0.25) is 4.98 Å². The minimum absolute atomic E-state index is 0. The van der Waals surface area contributed by atoms with Gasteiger partial charge in [-0.25, -0.2) is 4.98 Å². The summed E-state index contributed by atoms with van der Waals surface area (Å²) in [6, 6.07) is 41.2. The van der Waals surface area contributed by atoms with E-state index in [1.165, 1.54) is 11.1 Å². The summed E-state index contributed by atoms with van der Waals surface area (Å²) in [4.78, 5) is 10.6. The van der Waals surface area contributed by atoms with Crippen LogP contribution in [0.4, 0.5) is 0 Å². The van der Waals surface area contributed by atoms with Crippen LogP contribution in [0.5, 0.6) is 5.75 Å². The number of phenols is 1. The Hall–Kier alpha value is -5.25. The van der Waals surface area contributed by atoms with Crippen molar-refractivity contribution < 1.29 is 30.6 Å². The molecule has 0 aliphatic heterocycles. The summed E-state index contributed by atoms with van der Waals surface area (Å²) in [7, 11) is 0. The van der Waals surface area contributed by atoms with Crippen LogP contribution in [0.2, 0.25) is 0 Å². The van der Waals surface area contributed by atoms with E-state index in [1.54, 1.807) is 6.07 Å². The first-order valence-corrected chi connectivity index (χ1v) is 17.8. The average molecular weight is 860 g/mol. The SMILES string of the molecule is CC(C)c1cc(C(C)C)cc(-n2cc(-c3ccc4c(n3)-c3c(O)cccc3CC4)nc2-c2[c-]ccc3oc4ccc(-c5ccccc5)cc4c23)c1.[Pt]. The first-order valence-electron chi connectivity index (χ1n) is 17.8. The Morgan fingerprint density at radius 3 is 2.25 bits per heavy atom. The van der Waals surface area contributed by atoms with Gasteiger partial charge in [0.2, 0.25) is 0 Å². The molecule has 260 valence electrons. The molecule has 0 bridgehead atoms. The number of hydrogen-bond acceptors (Lipinski definition) is 4. The largest absolute Gasteiger partial charge is 0.507 e. The molecular formula is C46H38N3O2Pt-. The van der Waals surface area contributed by atoms with Crippen LogP contribution in [0.3, 0.4) is 0 Å². The van der Waals surface area contributed by atoms with Crippen molar-refractivity contribution in [3.05, 3.63) is 144 Å². The molecule has 0 amide bonds. The predicted molar refractivity (Wildman–Crippen MR) is 206 cm³/mol. The molecule has 0 radical (unpaired) electrons. The number of aromatic hydroxyl groups is 1. The Balaban J connectivity index is 0.00000387. The van der Waals surface area contributed by atoms with Crippen molar-refractivity contribution in [3.8, 4) is 56.6 Å². The summed E-state index contributed by atoms with van der Waals surface area (Å²) >= 11 is 0. The molecule has 3 aromatic heterocycles. The number of phenolic OH excluding ortho intramolecular Hbond substituents is 1. The van der Waals surface area contributed by atoms with E-state index in [1.807, 2.05) is 24.3 Å². The van der Waals surface area contributed by atoms with Gasteiger partial charge in [0.15, 0.2) is 0 Å². The van der Waals surface area contributed by atoms with Gasteiger partial charge in [0.1, 0.15) is 11.3 Å². The standard InChI is InChI=1S/C46H38N3O2.Pt/c1-27(2)33-22-34(28(3)4)24-35(23-33)49-26-39(38-20-18-31-17-16-30-12-8-14-40(50)43(30)45(31)47-38)48-46(49)36-13-9-15-42-44(36)37-25-32(19-21-41(37)51-42)29-10-6-5-7-11-29;/h5-12,14-15,18-28,50H,16-17H2,1-4H3;/q-1;. The maximum absolute atomic E-state index is 10.9. The smallest absolute Gasteiger partial charge is 0.125 e. The summed E-state index contributed by atoms with van der Waals surface area (Å²) in [6.07, 6.45) is 3.87. The normalized spacial score (nSPS) is 12.3. The quantitative estimate of drug-likeness (QED) is 0.169. The molecule has 1 aliphatic carbocycles. The number of aromatic nitrogens is 3. The zero-order valence-corrected chi connectivity index (χ0v) is 31.8. The molecule has 0 unspecified atom stereocenters. The van der Waals surface area contributed by atoms with Gasteiger partial charge in [-0.15, -0.1) is 12.1 Å². The van der Waals surface area contributed by atoms with Crippen LogP contribution in [0.15, 0.2) is 120 Å². The maximum atomic E-state index is 10.9. The third-order valence-electron chi connectivity index (χ3n) is 10.3. The van der Waals surface area contributed by atoms with E-state index in [0.29, 0.717) is 11.8 Å². The van der Waals surface area contributed by atoms with E-state index < -0.39 is 0 Å². The van der Waals surface area contributed by atoms with E-state index in [2.05, 4.69) is 123 Å². The Morgan fingerprint density at radius 2 is 1.48 bits per heavy atom. The van der Waals surface area contributed by atoms with E-state index >= 15 is 0 Å². The summed E-state index contributed by atoms with van der Waals surface area (Å²) in [5, 5.41) is 12.9. The van der Waals surface area contributed by atoms with Crippen LogP contribution < -0.4 is 0 Å². The van der Waals surface area contributed by atoms with Crippen LogP contribution in [0.1, 0.15) is 61.8 Å². The molecule has 0 saturated heterocycles. The first kappa shape index (κ1) is 33.9. The number of benzene rings is 5. The minimum atomic E-state index is 0. The molecule has 9 rings (SSSR count). The number of pyridine rings is 1. The van der Waals surface area contributed by atoms with E-state index in [0.717, 1.165) is 96.8 Å². The molecule has 5 nitrogen and oxygen atoms in total. The second kappa shape index (κ2) is 13.4. The Morgan fingerprint density at radius 1 is 0.712 bits per heavy atom. The number of hydrogen-bond donors (Lipinski definition) is 1. The Kier molecular flexibility index (Phi) is 8.71. The number of imidazole rings is 1. The number of rotatable bonds is 6. The number of furan rings is 1. The van der Waals surface area contributed by atoms with E-state index in [4.69, 9.17) is 14.4 Å². The van der Waals surface area contributed by atoms with Crippen LogP contribution in [-0.2, 0) is 33.9 Å². The second-order valence-corrected chi connectivity index (χ2v) is 14.3. The molecule has 3 heterocycles. The summed E-state index contributed by atoms with van der Waals surface area (Å²) < 4.78 is 8.66. The number of fused-ring (bicyclic) bond motifs is 6. The summed E-state index contributed by atoms with van der Waals surface area (Å²) in [6.45, 7) is 8.96. The molecule has 8 aromatic rings. The van der Waals surface area contributed by atoms with Crippen molar-refractivity contribution in [2.45, 2.75) is 52.4 Å². The zero-order valence-electron chi connectivity index (χ0n) is 29.6. The fourth-order valence-corrected chi connectivity index (χ4v) is 7.48. The molecule has 0 fully saturated rings. The van der Waals surface area contributed by atoms with Crippen LogP contribution >= 0.6 is 0 Å². The molecule has 1 N–H and O–H groups in total. The molecule has 6 heteroatoms. The van der Waals surface area contributed by atoms with Crippen molar-refractivity contribution in [1.29, 1.82) is 0 Å². The fourth-order valence-electron chi connectivity index (χ4n) is 7.48. The van der Waals surface area contributed by atoms with Crippen molar-refractivity contribution in [1.82, 2.24) is 14.5 Å². The topological polar surface area (TPSA) is 64.1 Å². The first-order chi connectivity index (χ1) is 24.8. The zero-order chi connectivity index (χ0) is 34.8. The molecule has 5 aromatic carbocycles. The van der Waals surface area contributed by atoms with Crippen molar-refractivity contribution in [2.24, 2.45) is 0 Å². The third-order valence-corrected chi connectivity index (χ3v) is 10.3. The molecular weight excluding hydrogens is 822 g/mol. The summed E-state index contributed by atoms with van der Waals surface area (Å²) in [5.41, 5.74) is 13.8. The van der Waals surface area contributed by atoms with Gasteiger partial charge in [-0.2, -0.15) is 0 Å². The molecule has 0 saturated carbocycles. The number of nitrogens with zero attached hydrogens (tertiary/aromatic N) is 3. The predicted octanol–water partition coefficient (Wildman–Crippen LogP) is 11.7. The van der Waals surface area contributed by atoms with Crippen LogP contribution in [-0.4, -0.2) is 19.6 Å². The Bertz CT molecular complexity index is 2590. The van der Waals surface area contributed by atoms with Gasteiger partial charge >= 0.3 is 0 Å². The van der Waals surface area contributed by atoms with Gasteiger partial charge in [0.25, 0.3) is 0 Å². The van der Waals surface area contributed by atoms with Gasteiger partial charge in [-0.05, 0) is 93.8 Å². The van der Waals surface area contributed by atoms with Crippen molar-refractivity contribution >= 4 is 21.9 Å². The van der Waals surface area contributed by atoms with E-state index in [-0.39, 0.29) is 26.8 Å². The monoisotopic (exact) mass is 859 g/mol. The minimum Gasteiger partial charge on any atom is -0.507 e. The summed E-state index contributed by atoms with van der Waals surface area (Å²) in [5.74, 6) is 1.74. The van der Waals surface area contributed by atoms with Gasteiger partial charge in [0, 0.05) is 38.5 Å². The number of aryl methyl sites for hydroxylation is 2. The van der Waals surface area contributed by atoms with Crippen molar-refractivity contribution in [2.75, 3.05) is 0 Å². The van der Waals surface area contributed by atoms with Crippen LogP contribution in [0, 0.1) is 6.07 Å². The van der Waals surface area contributed by atoms with Gasteiger partial charge in [-0.1, -0.05) is 111 Å². The average Bonchev–Trinajstić information content (AvgIpc) is 3.77. The fraction of sp³-hybridized carbons (Fsp3) is 0.174. The molecule has 1 aliphatic rings. The molecule has 52 heavy (non-hydrogen) atoms. The second-order valence-electron chi connectivity index (χ2n) is 14.3. The maximum Gasteiger partial charge on any atom is 0.125 e. The Labute approximate surface area is 318 Å². The molecule has 0 atom stereocenters.